The number of carbonyl (C=O) groups excluding carboxylic acids is 1. The first kappa shape index (κ1) is 27.4. The van der Waals surface area contributed by atoms with E-state index in [0.717, 1.165) is 49.7 Å². The molecule has 0 bridgehead atoms. The standard InChI is InChI=1S/C16H16ClNO2S.C14H14ClNS/c1-20-16(19)15(12-4-2-3-5-13(12)17)18-8-6-14-11(10-18)7-9-21-14;15-13-4-2-1-3-11(13)9-16-7-5-14-12(10-16)6-8-17-14/h2-5,7,9,15H,6,8,10H2,1H3;1-4,6,8H,5,7,9-10H2. The van der Waals surface area contributed by atoms with E-state index in [9.17, 15) is 4.79 Å². The van der Waals surface area contributed by atoms with Gasteiger partial charge in [0.2, 0.25) is 0 Å². The highest BCUT2D eigenvalue weighted by atomic mass is 35.5. The van der Waals surface area contributed by atoms with Crippen molar-refractivity contribution in [2.45, 2.75) is 38.5 Å². The molecule has 2 aromatic heterocycles. The number of rotatable bonds is 5. The summed E-state index contributed by atoms with van der Waals surface area (Å²) in [7, 11) is 1.42. The van der Waals surface area contributed by atoms with Crippen LogP contribution in [0.3, 0.4) is 0 Å². The van der Waals surface area contributed by atoms with E-state index < -0.39 is 6.04 Å². The molecule has 8 heteroatoms. The van der Waals surface area contributed by atoms with Crippen LogP contribution < -0.4 is 0 Å². The quantitative estimate of drug-likeness (QED) is 0.226. The highest BCUT2D eigenvalue weighted by Crippen LogP contribution is 2.34. The second kappa shape index (κ2) is 12.8. The molecular weight excluding hydrogens is 555 g/mol. The third-order valence-electron chi connectivity index (χ3n) is 7.07. The van der Waals surface area contributed by atoms with Crippen molar-refractivity contribution in [3.8, 4) is 0 Å². The van der Waals surface area contributed by atoms with Crippen molar-refractivity contribution in [1.82, 2.24) is 9.80 Å². The molecule has 0 saturated heterocycles. The Morgan fingerprint density at radius 2 is 1.50 bits per heavy atom. The van der Waals surface area contributed by atoms with Gasteiger partial charge in [-0.05, 0) is 70.1 Å². The number of carbonyl (C=O) groups is 1. The van der Waals surface area contributed by atoms with Crippen molar-refractivity contribution < 1.29 is 9.53 Å². The maximum absolute atomic E-state index is 12.3. The fraction of sp³-hybridized carbons (Fsp3) is 0.300. The van der Waals surface area contributed by atoms with Crippen LogP contribution in [0.5, 0.6) is 0 Å². The molecule has 0 spiro atoms. The van der Waals surface area contributed by atoms with Crippen LogP contribution in [0.4, 0.5) is 0 Å². The molecule has 0 fully saturated rings. The van der Waals surface area contributed by atoms with Gasteiger partial charge in [0.1, 0.15) is 6.04 Å². The van der Waals surface area contributed by atoms with E-state index in [2.05, 4.69) is 44.8 Å². The average molecular weight is 586 g/mol. The van der Waals surface area contributed by atoms with Crippen LogP contribution in [0.2, 0.25) is 10.0 Å². The fourth-order valence-corrected chi connectivity index (χ4v) is 7.30. The molecule has 198 valence electrons. The topological polar surface area (TPSA) is 32.8 Å². The van der Waals surface area contributed by atoms with Gasteiger partial charge in [-0.25, -0.2) is 4.79 Å². The van der Waals surface area contributed by atoms with Crippen LogP contribution in [-0.2, 0) is 42.0 Å². The Labute approximate surface area is 242 Å². The summed E-state index contributed by atoms with van der Waals surface area (Å²) in [5.41, 5.74) is 4.83. The summed E-state index contributed by atoms with van der Waals surface area (Å²) in [6, 6.07) is 19.5. The zero-order valence-electron chi connectivity index (χ0n) is 21.2. The van der Waals surface area contributed by atoms with Crippen molar-refractivity contribution in [3.05, 3.63) is 113 Å². The number of benzene rings is 2. The molecule has 0 N–H and O–H groups in total. The Balaban J connectivity index is 0.000000158. The molecule has 0 amide bonds. The summed E-state index contributed by atoms with van der Waals surface area (Å²) in [5, 5.41) is 5.79. The fourth-order valence-electron chi connectivity index (χ4n) is 5.08. The molecule has 4 aromatic rings. The molecule has 2 aromatic carbocycles. The molecule has 0 saturated carbocycles. The summed E-state index contributed by atoms with van der Waals surface area (Å²) >= 11 is 16.2. The van der Waals surface area contributed by atoms with Gasteiger partial charge in [-0.15, -0.1) is 22.7 Å². The van der Waals surface area contributed by atoms with Crippen molar-refractivity contribution in [1.29, 1.82) is 0 Å². The van der Waals surface area contributed by atoms with E-state index in [1.54, 1.807) is 16.2 Å². The van der Waals surface area contributed by atoms with Gasteiger partial charge in [-0.3, -0.25) is 9.80 Å². The first-order valence-corrected chi connectivity index (χ1v) is 15.2. The number of hydrogen-bond acceptors (Lipinski definition) is 6. The zero-order valence-corrected chi connectivity index (χ0v) is 24.4. The van der Waals surface area contributed by atoms with Gasteiger partial charge in [-0.1, -0.05) is 59.6 Å². The van der Waals surface area contributed by atoms with Gasteiger partial charge in [0.15, 0.2) is 0 Å². The molecule has 1 atom stereocenters. The first-order chi connectivity index (χ1) is 18.5. The Hall–Kier alpha value is -2.19. The smallest absolute Gasteiger partial charge is 0.327 e. The minimum atomic E-state index is -0.447. The molecule has 0 aliphatic carbocycles. The van der Waals surface area contributed by atoms with Gasteiger partial charge in [-0.2, -0.15) is 0 Å². The number of fused-ring (bicyclic) bond motifs is 2. The second-order valence-corrected chi connectivity index (χ2v) is 12.3. The van der Waals surface area contributed by atoms with Crippen molar-refractivity contribution in [3.63, 3.8) is 0 Å². The lowest BCUT2D eigenvalue weighted by molar-refractivity contribution is -0.147. The third-order valence-corrected chi connectivity index (χ3v) is 9.82. The third kappa shape index (κ3) is 6.33. The maximum Gasteiger partial charge on any atom is 0.327 e. The number of ether oxygens (including phenoxy) is 1. The number of halogens is 2. The monoisotopic (exact) mass is 584 g/mol. The van der Waals surface area contributed by atoms with Crippen molar-refractivity contribution in [2.75, 3.05) is 20.2 Å². The SMILES string of the molecule is COC(=O)C(c1ccccc1Cl)N1CCc2sccc2C1.Clc1ccccc1CN1CCc2sccc2C1. The Bertz CT molecular complexity index is 1390. The minimum Gasteiger partial charge on any atom is -0.468 e. The van der Waals surface area contributed by atoms with E-state index in [1.807, 2.05) is 47.7 Å². The van der Waals surface area contributed by atoms with Gasteiger partial charge in [0.05, 0.1) is 7.11 Å². The molecule has 1 unspecified atom stereocenters. The lowest BCUT2D eigenvalue weighted by atomic mass is 10.0. The molecule has 4 heterocycles. The van der Waals surface area contributed by atoms with Crippen LogP contribution in [0.25, 0.3) is 0 Å². The molecule has 0 radical (unpaired) electrons. The molecule has 38 heavy (non-hydrogen) atoms. The predicted octanol–water partition coefficient (Wildman–Crippen LogP) is 7.63. The van der Waals surface area contributed by atoms with Crippen LogP contribution in [0.1, 0.15) is 38.0 Å². The van der Waals surface area contributed by atoms with Gasteiger partial charge < -0.3 is 4.74 Å². The normalized spacial score (nSPS) is 16.1. The number of hydrogen-bond donors (Lipinski definition) is 0. The summed E-state index contributed by atoms with van der Waals surface area (Å²) < 4.78 is 5.01. The van der Waals surface area contributed by atoms with Crippen molar-refractivity contribution >= 4 is 51.8 Å². The summed E-state index contributed by atoms with van der Waals surface area (Å²) in [6.07, 6.45) is 2.14. The van der Waals surface area contributed by atoms with Gasteiger partial charge in [0.25, 0.3) is 0 Å². The lowest BCUT2D eigenvalue weighted by Crippen LogP contribution is -2.38. The van der Waals surface area contributed by atoms with Crippen LogP contribution >= 0.6 is 45.9 Å². The van der Waals surface area contributed by atoms with Crippen LogP contribution in [0, 0.1) is 0 Å². The average Bonchev–Trinajstić information content (AvgIpc) is 3.60. The lowest BCUT2D eigenvalue weighted by Gasteiger charge is -2.33. The number of esters is 1. The van der Waals surface area contributed by atoms with Gasteiger partial charge >= 0.3 is 5.97 Å². The molecule has 2 aliphatic heterocycles. The number of nitrogens with zero attached hydrogens (tertiary/aromatic N) is 2. The highest BCUT2D eigenvalue weighted by molar-refractivity contribution is 7.10. The van der Waals surface area contributed by atoms with Crippen LogP contribution in [-0.4, -0.2) is 36.0 Å². The first-order valence-electron chi connectivity index (χ1n) is 12.7. The number of thiophene rings is 2. The summed E-state index contributed by atoms with van der Waals surface area (Å²) in [6.45, 7) is 4.74. The van der Waals surface area contributed by atoms with E-state index >= 15 is 0 Å². The van der Waals surface area contributed by atoms with Gasteiger partial charge in [0, 0.05) is 52.5 Å². The number of methoxy groups -OCH3 is 1. The maximum atomic E-state index is 12.3. The Morgan fingerprint density at radius 1 is 0.868 bits per heavy atom. The predicted molar refractivity (Wildman–Crippen MR) is 158 cm³/mol. The molecular formula is C30H30Cl2N2O2S2. The van der Waals surface area contributed by atoms with E-state index in [4.69, 9.17) is 27.9 Å². The Morgan fingerprint density at radius 3 is 2.18 bits per heavy atom. The van der Waals surface area contributed by atoms with Crippen molar-refractivity contribution in [2.24, 2.45) is 0 Å². The molecule has 2 aliphatic rings. The molecule has 4 nitrogen and oxygen atoms in total. The highest BCUT2D eigenvalue weighted by Gasteiger charge is 2.32. The van der Waals surface area contributed by atoms with E-state index in [-0.39, 0.29) is 5.97 Å². The zero-order chi connectivity index (χ0) is 26.5. The second-order valence-electron chi connectivity index (χ2n) is 9.46. The largest absolute Gasteiger partial charge is 0.468 e. The van der Waals surface area contributed by atoms with Crippen LogP contribution in [0.15, 0.2) is 71.4 Å². The van der Waals surface area contributed by atoms with E-state index in [0.29, 0.717) is 5.02 Å². The van der Waals surface area contributed by atoms with E-state index in [1.165, 1.54) is 35.1 Å². The Kier molecular flexibility index (Phi) is 9.20. The summed E-state index contributed by atoms with van der Waals surface area (Å²) in [4.78, 5) is 19.9. The molecule has 6 rings (SSSR count). The summed E-state index contributed by atoms with van der Waals surface area (Å²) in [5.74, 6) is -0.262. The minimum absolute atomic E-state index is 0.262.